The molecule has 16 heavy (non-hydrogen) atoms. The lowest BCUT2D eigenvalue weighted by atomic mass is 10.1. The molecule has 1 aromatic carbocycles. The number of rotatable bonds is 4. The van der Waals surface area contributed by atoms with E-state index in [1.165, 1.54) is 0 Å². The monoisotopic (exact) mass is 353 g/mol. The maximum Gasteiger partial charge on any atom is 0.295 e. The molecular formula is C10H10Br2FNO2. The first kappa shape index (κ1) is 13.6. The standard InChI is InChI=1S/C10H10Br2FNO2/c11-10(12,13)9(16)14-8(6-15)7-4-2-1-3-5-7/h1-5,8,15H,6H2,(H,14,16)/t8-/m0/s1. The Morgan fingerprint density at radius 1 is 1.44 bits per heavy atom. The number of alkyl halides is 3. The van der Waals surface area contributed by atoms with E-state index < -0.39 is 15.4 Å². The molecule has 88 valence electrons. The van der Waals surface area contributed by atoms with Crippen molar-refractivity contribution in [3.63, 3.8) is 0 Å². The minimum Gasteiger partial charge on any atom is -0.394 e. The van der Waals surface area contributed by atoms with Gasteiger partial charge in [-0.05, 0) is 37.4 Å². The molecule has 0 aliphatic carbocycles. The molecule has 0 fully saturated rings. The minimum atomic E-state index is -2.32. The number of carbonyl (C=O) groups is 1. The van der Waals surface area contributed by atoms with Gasteiger partial charge in [-0.1, -0.05) is 30.3 Å². The number of aliphatic hydroxyl groups excluding tert-OH is 1. The van der Waals surface area contributed by atoms with Crippen LogP contribution in [0.1, 0.15) is 11.6 Å². The van der Waals surface area contributed by atoms with Gasteiger partial charge in [0.05, 0.1) is 12.6 Å². The number of carbonyl (C=O) groups excluding carboxylic acids is 1. The van der Waals surface area contributed by atoms with Gasteiger partial charge in [0.1, 0.15) is 0 Å². The lowest BCUT2D eigenvalue weighted by molar-refractivity contribution is -0.124. The van der Waals surface area contributed by atoms with Crippen molar-refractivity contribution < 1.29 is 14.3 Å². The zero-order valence-corrected chi connectivity index (χ0v) is 11.3. The molecule has 0 spiro atoms. The van der Waals surface area contributed by atoms with E-state index in [0.717, 1.165) is 0 Å². The number of aliphatic hydroxyl groups is 1. The Balaban J connectivity index is 2.75. The van der Waals surface area contributed by atoms with Crippen molar-refractivity contribution >= 4 is 37.8 Å². The highest BCUT2D eigenvalue weighted by Gasteiger charge is 2.33. The molecule has 0 saturated carbocycles. The van der Waals surface area contributed by atoms with Gasteiger partial charge in [0.25, 0.3) is 9.39 Å². The molecule has 6 heteroatoms. The second-order valence-corrected chi connectivity index (χ2v) is 6.37. The summed E-state index contributed by atoms with van der Waals surface area (Å²) in [6.07, 6.45) is 0. The predicted octanol–water partition coefficient (Wildman–Crippen LogP) is 2.25. The third-order valence-corrected chi connectivity index (χ3v) is 2.67. The van der Waals surface area contributed by atoms with Crippen LogP contribution in [-0.4, -0.2) is 21.1 Å². The van der Waals surface area contributed by atoms with E-state index in [1.54, 1.807) is 24.3 Å². The van der Waals surface area contributed by atoms with Crippen molar-refractivity contribution in [3.8, 4) is 0 Å². The molecule has 0 unspecified atom stereocenters. The summed E-state index contributed by atoms with van der Waals surface area (Å²) >= 11 is 5.06. The number of hydrogen-bond donors (Lipinski definition) is 2. The molecule has 0 aliphatic rings. The molecule has 0 heterocycles. The van der Waals surface area contributed by atoms with Gasteiger partial charge in [0.2, 0.25) is 0 Å². The Kier molecular flexibility index (Phi) is 4.89. The fraction of sp³-hybridized carbons (Fsp3) is 0.300. The molecule has 0 radical (unpaired) electrons. The first-order chi connectivity index (χ1) is 7.45. The van der Waals surface area contributed by atoms with Crippen LogP contribution >= 0.6 is 31.9 Å². The van der Waals surface area contributed by atoms with Crippen LogP contribution in [-0.2, 0) is 4.79 Å². The second kappa shape index (κ2) is 5.75. The summed E-state index contributed by atoms with van der Waals surface area (Å²) in [5.41, 5.74) is 0.711. The average Bonchev–Trinajstić information content (AvgIpc) is 2.25. The van der Waals surface area contributed by atoms with E-state index in [1.807, 2.05) is 6.07 Å². The topological polar surface area (TPSA) is 49.3 Å². The lowest BCUT2D eigenvalue weighted by Crippen LogP contribution is -2.38. The zero-order valence-electron chi connectivity index (χ0n) is 8.16. The summed E-state index contributed by atoms with van der Waals surface area (Å²) in [6.45, 7) is -0.300. The summed E-state index contributed by atoms with van der Waals surface area (Å²) in [4.78, 5) is 11.3. The zero-order chi connectivity index (χ0) is 12.2. The van der Waals surface area contributed by atoms with Gasteiger partial charge in [-0.3, -0.25) is 4.79 Å². The Bertz CT molecular complexity index is 354. The third kappa shape index (κ3) is 3.84. The minimum absolute atomic E-state index is 0.300. The number of benzene rings is 1. The normalized spacial score (nSPS) is 13.2. The number of amides is 1. The van der Waals surface area contributed by atoms with Crippen LogP contribution in [0.25, 0.3) is 0 Å². The maximum atomic E-state index is 13.1. The Hall–Kier alpha value is -0.460. The molecule has 0 aromatic heterocycles. The highest BCUT2D eigenvalue weighted by atomic mass is 79.9. The van der Waals surface area contributed by atoms with Crippen LogP contribution in [0.5, 0.6) is 0 Å². The summed E-state index contributed by atoms with van der Waals surface area (Å²) in [5, 5.41) is 11.5. The van der Waals surface area contributed by atoms with Gasteiger partial charge in [0.15, 0.2) is 0 Å². The lowest BCUT2D eigenvalue weighted by Gasteiger charge is -2.19. The van der Waals surface area contributed by atoms with Gasteiger partial charge < -0.3 is 10.4 Å². The van der Waals surface area contributed by atoms with Crippen LogP contribution in [0, 0.1) is 0 Å². The van der Waals surface area contributed by atoms with Gasteiger partial charge in [-0.15, -0.1) is 0 Å². The van der Waals surface area contributed by atoms with E-state index in [4.69, 9.17) is 5.11 Å². The molecule has 1 rings (SSSR count). The van der Waals surface area contributed by atoms with Crippen molar-refractivity contribution in [2.75, 3.05) is 6.61 Å². The van der Waals surface area contributed by atoms with Crippen LogP contribution in [0.2, 0.25) is 0 Å². The Morgan fingerprint density at radius 2 is 2.00 bits per heavy atom. The summed E-state index contributed by atoms with van der Waals surface area (Å²) in [7, 11) is 0. The largest absolute Gasteiger partial charge is 0.394 e. The van der Waals surface area contributed by atoms with Gasteiger partial charge in [0, 0.05) is 0 Å². The number of halogens is 3. The van der Waals surface area contributed by atoms with E-state index in [0.29, 0.717) is 5.56 Å². The molecule has 1 atom stereocenters. The molecule has 1 amide bonds. The van der Waals surface area contributed by atoms with Crippen molar-refractivity contribution in [3.05, 3.63) is 35.9 Å². The van der Waals surface area contributed by atoms with Crippen LogP contribution in [0.15, 0.2) is 30.3 Å². The van der Waals surface area contributed by atoms with Gasteiger partial charge in [-0.2, -0.15) is 0 Å². The molecule has 3 nitrogen and oxygen atoms in total. The third-order valence-electron chi connectivity index (χ3n) is 1.95. The predicted molar refractivity (Wildman–Crippen MR) is 66.1 cm³/mol. The SMILES string of the molecule is O=C(N[C@@H](CO)c1ccccc1)C(F)(Br)Br. The second-order valence-electron chi connectivity index (χ2n) is 3.12. The summed E-state index contributed by atoms with van der Waals surface area (Å²) in [6, 6.07) is 8.21. The Labute approximate surface area is 109 Å². The van der Waals surface area contributed by atoms with Crippen molar-refractivity contribution in [1.82, 2.24) is 5.32 Å². The van der Waals surface area contributed by atoms with Crippen LogP contribution < -0.4 is 5.32 Å². The smallest absolute Gasteiger partial charge is 0.295 e. The maximum absolute atomic E-state index is 13.1. The average molecular weight is 355 g/mol. The number of hydrogen-bond acceptors (Lipinski definition) is 2. The fourth-order valence-corrected chi connectivity index (χ4v) is 1.39. The highest BCUT2D eigenvalue weighted by molar-refractivity contribution is 9.25. The first-order valence-corrected chi connectivity index (χ1v) is 6.07. The molecular weight excluding hydrogens is 345 g/mol. The van der Waals surface area contributed by atoms with Crippen molar-refractivity contribution in [2.45, 2.75) is 9.53 Å². The fourth-order valence-electron chi connectivity index (χ4n) is 1.16. The molecule has 0 bridgehead atoms. The van der Waals surface area contributed by atoms with E-state index in [-0.39, 0.29) is 6.61 Å². The molecule has 2 N–H and O–H groups in total. The quantitative estimate of drug-likeness (QED) is 0.815. The molecule has 0 aliphatic heterocycles. The molecule has 0 saturated heterocycles. The van der Waals surface area contributed by atoms with Crippen LogP contribution in [0.4, 0.5) is 4.39 Å². The van der Waals surface area contributed by atoms with Gasteiger partial charge >= 0.3 is 0 Å². The van der Waals surface area contributed by atoms with Crippen molar-refractivity contribution in [2.24, 2.45) is 0 Å². The van der Waals surface area contributed by atoms with E-state index in [2.05, 4.69) is 37.2 Å². The summed E-state index contributed by atoms with van der Waals surface area (Å²) < 4.78 is 10.8. The molecule has 1 aromatic rings. The first-order valence-electron chi connectivity index (χ1n) is 4.48. The van der Waals surface area contributed by atoms with Gasteiger partial charge in [-0.25, -0.2) is 4.39 Å². The number of nitrogens with one attached hydrogen (secondary N) is 1. The van der Waals surface area contributed by atoms with Crippen LogP contribution in [0.3, 0.4) is 0 Å². The van der Waals surface area contributed by atoms with E-state index >= 15 is 0 Å². The van der Waals surface area contributed by atoms with E-state index in [9.17, 15) is 9.18 Å². The summed E-state index contributed by atoms with van der Waals surface area (Å²) in [5.74, 6) is -0.893. The van der Waals surface area contributed by atoms with Crippen molar-refractivity contribution in [1.29, 1.82) is 0 Å². The Morgan fingerprint density at radius 3 is 2.44 bits per heavy atom. The highest BCUT2D eigenvalue weighted by Crippen LogP contribution is 2.28.